The van der Waals surface area contributed by atoms with Crippen molar-refractivity contribution in [1.29, 1.82) is 0 Å². The molecule has 84 valence electrons. The lowest BCUT2D eigenvalue weighted by molar-refractivity contribution is 0.0996. The van der Waals surface area contributed by atoms with Gasteiger partial charge in [-0.3, -0.25) is 4.79 Å². The topological polar surface area (TPSA) is 42.9 Å². The summed E-state index contributed by atoms with van der Waals surface area (Å²) in [5, 5.41) is 5.92. The number of halogens is 1. The molecule has 0 unspecified atom stereocenters. The molecule has 0 fully saturated rings. The number of ketones is 1. The maximum Gasteiger partial charge on any atom is 0.181 e. The third-order valence-corrected chi connectivity index (χ3v) is 4.89. The molecule has 0 bridgehead atoms. The summed E-state index contributed by atoms with van der Waals surface area (Å²) < 4.78 is 4.83. The van der Waals surface area contributed by atoms with Crippen LogP contribution in [0.25, 0.3) is 0 Å². The van der Waals surface area contributed by atoms with E-state index in [1.54, 1.807) is 11.3 Å². The highest BCUT2D eigenvalue weighted by Crippen LogP contribution is 2.25. The van der Waals surface area contributed by atoms with Crippen molar-refractivity contribution >= 4 is 44.6 Å². The fourth-order valence-electron chi connectivity index (χ4n) is 1.33. The van der Waals surface area contributed by atoms with Crippen LogP contribution in [-0.4, -0.2) is 15.4 Å². The number of carbonyl (C=O) groups is 1. The summed E-state index contributed by atoms with van der Waals surface area (Å²) in [5.74, 6) is 0.106. The van der Waals surface area contributed by atoms with Crippen LogP contribution < -0.4 is 0 Å². The molecule has 2 aromatic rings. The van der Waals surface area contributed by atoms with Crippen molar-refractivity contribution in [3.63, 3.8) is 0 Å². The van der Waals surface area contributed by atoms with Gasteiger partial charge in [0, 0.05) is 15.8 Å². The molecule has 0 saturated heterocycles. The van der Waals surface area contributed by atoms with Crippen LogP contribution in [-0.2, 0) is 12.8 Å². The second-order valence-corrected chi connectivity index (χ2v) is 5.80. The molecular formula is C10H9BrN2OS2. The van der Waals surface area contributed by atoms with Gasteiger partial charge in [-0.25, -0.2) is 0 Å². The van der Waals surface area contributed by atoms with E-state index in [2.05, 4.69) is 25.5 Å². The molecule has 0 radical (unpaired) electrons. The van der Waals surface area contributed by atoms with E-state index in [4.69, 9.17) is 0 Å². The highest BCUT2D eigenvalue weighted by molar-refractivity contribution is 9.10. The van der Waals surface area contributed by atoms with E-state index in [0.717, 1.165) is 21.5 Å². The Hall–Kier alpha value is -0.590. The lowest BCUT2D eigenvalue weighted by Crippen LogP contribution is -2.03. The van der Waals surface area contributed by atoms with Crippen LogP contribution in [0, 0.1) is 0 Å². The van der Waals surface area contributed by atoms with Gasteiger partial charge in [0.15, 0.2) is 5.78 Å². The Morgan fingerprint density at radius 2 is 2.38 bits per heavy atom. The van der Waals surface area contributed by atoms with E-state index in [9.17, 15) is 4.79 Å². The summed E-state index contributed by atoms with van der Waals surface area (Å²) in [6.07, 6.45) is 1.18. The third kappa shape index (κ3) is 2.39. The average molecular weight is 317 g/mol. The fraction of sp³-hybridized carbons (Fsp3) is 0.300. The average Bonchev–Trinajstić information content (AvgIpc) is 2.87. The number of Topliss-reactive ketones (excluding diaryl/α,β-unsaturated/α-hetero) is 1. The number of aryl methyl sites for hydroxylation is 1. The van der Waals surface area contributed by atoms with E-state index in [1.165, 1.54) is 11.5 Å². The molecule has 0 aliphatic heterocycles. The molecule has 0 N–H and O–H groups in total. The van der Waals surface area contributed by atoms with Gasteiger partial charge in [-0.15, -0.1) is 16.4 Å². The number of carbonyl (C=O) groups excluding carboxylic acids is 1. The number of hydrogen-bond donors (Lipinski definition) is 0. The van der Waals surface area contributed by atoms with Crippen LogP contribution in [0.4, 0.5) is 0 Å². The van der Waals surface area contributed by atoms with Crippen LogP contribution in [0.2, 0.25) is 0 Å². The summed E-state index contributed by atoms with van der Waals surface area (Å²) in [4.78, 5) is 13.8. The standard InChI is InChI=1S/C10H9BrN2OS2/c1-2-7-10(16-13-12-7)8(14)5-9-6(11)3-4-15-9/h3-4H,2,5H2,1H3. The molecule has 3 nitrogen and oxygen atoms in total. The Morgan fingerprint density at radius 3 is 3.00 bits per heavy atom. The van der Waals surface area contributed by atoms with Crippen LogP contribution in [0.1, 0.15) is 27.2 Å². The summed E-state index contributed by atoms with van der Waals surface area (Å²) in [6, 6.07) is 1.96. The first-order valence-corrected chi connectivity index (χ1v) is 7.23. The monoisotopic (exact) mass is 316 g/mol. The molecule has 0 aromatic carbocycles. The number of nitrogens with zero attached hydrogens (tertiary/aromatic N) is 2. The smallest absolute Gasteiger partial charge is 0.181 e. The van der Waals surface area contributed by atoms with Gasteiger partial charge in [0.2, 0.25) is 0 Å². The molecular weight excluding hydrogens is 308 g/mol. The second kappa shape index (κ2) is 5.16. The highest BCUT2D eigenvalue weighted by atomic mass is 79.9. The third-order valence-electron chi connectivity index (χ3n) is 2.16. The van der Waals surface area contributed by atoms with Gasteiger partial charge in [-0.2, -0.15) is 0 Å². The molecule has 0 aliphatic rings. The first kappa shape index (κ1) is 11.9. The molecule has 0 amide bonds. The van der Waals surface area contributed by atoms with Crippen molar-refractivity contribution in [2.45, 2.75) is 19.8 Å². The quantitative estimate of drug-likeness (QED) is 0.812. The zero-order valence-corrected chi connectivity index (χ0v) is 11.8. The van der Waals surface area contributed by atoms with Crippen LogP contribution in [0.3, 0.4) is 0 Å². The predicted octanol–water partition coefficient (Wildman–Crippen LogP) is 3.35. The van der Waals surface area contributed by atoms with E-state index in [-0.39, 0.29) is 5.78 Å². The summed E-state index contributed by atoms with van der Waals surface area (Å²) in [7, 11) is 0. The Labute approximate surface area is 110 Å². The summed E-state index contributed by atoms with van der Waals surface area (Å²) >= 11 is 6.20. The van der Waals surface area contributed by atoms with Crippen molar-refractivity contribution in [2.24, 2.45) is 0 Å². The van der Waals surface area contributed by atoms with E-state index < -0.39 is 0 Å². The molecule has 6 heteroatoms. The van der Waals surface area contributed by atoms with Gasteiger partial charge < -0.3 is 0 Å². The lowest BCUT2D eigenvalue weighted by atomic mass is 10.1. The zero-order chi connectivity index (χ0) is 11.5. The molecule has 0 atom stereocenters. The maximum atomic E-state index is 12.0. The fourth-order valence-corrected chi connectivity index (χ4v) is 3.51. The van der Waals surface area contributed by atoms with Crippen molar-refractivity contribution in [3.05, 3.63) is 31.4 Å². The van der Waals surface area contributed by atoms with E-state index in [0.29, 0.717) is 11.3 Å². The SMILES string of the molecule is CCc1nnsc1C(=O)Cc1sccc1Br. The molecule has 0 spiro atoms. The molecule has 16 heavy (non-hydrogen) atoms. The van der Waals surface area contributed by atoms with Crippen LogP contribution in [0.15, 0.2) is 15.9 Å². The predicted molar refractivity (Wildman–Crippen MR) is 69.3 cm³/mol. The van der Waals surface area contributed by atoms with Gasteiger partial charge in [0.1, 0.15) is 4.88 Å². The van der Waals surface area contributed by atoms with E-state index >= 15 is 0 Å². The van der Waals surface area contributed by atoms with Crippen LogP contribution >= 0.6 is 38.8 Å². The Bertz CT molecular complexity index is 506. The van der Waals surface area contributed by atoms with Gasteiger partial charge in [0.05, 0.1) is 5.69 Å². The normalized spacial score (nSPS) is 10.6. The summed E-state index contributed by atoms with van der Waals surface area (Å²) in [6.45, 7) is 1.98. The van der Waals surface area contributed by atoms with Crippen LogP contribution in [0.5, 0.6) is 0 Å². The lowest BCUT2D eigenvalue weighted by Gasteiger charge is -1.97. The molecule has 0 aliphatic carbocycles. The van der Waals surface area contributed by atoms with Gasteiger partial charge >= 0.3 is 0 Å². The van der Waals surface area contributed by atoms with Crippen molar-refractivity contribution in [1.82, 2.24) is 9.59 Å². The van der Waals surface area contributed by atoms with Gasteiger partial charge in [-0.1, -0.05) is 11.4 Å². The number of aromatic nitrogens is 2. The molecule has 2 heterocycles. The first-order valence-electron chi connectivity index (χ1n) is 4.78. The van der Waals surface area contributed by atoms with E-state index in [1.807, 2.05) is 18.4 Å². The van der Waals surface area contributed by atoms with Gasteiger partial charge in [-0.05, 0) is 45.3 Å². The van der Waals surface area contributed by atoms with Crippen molar-refractivity contribution in [3.8, 4) is 0 Å². The number of rotatable bonds is 4. The minimum Gasteiger partial charge on any atom is -0.293 e. The Kier molecular flexibility index (Phi) is 3.83. The highest BCUT2D eigenvalue weighted by Gasteiger charge is 2.16. The largest absolute Gasteiger partial charge is 0.293 e. The molecule has 2 aromatic heterocycles. The van der Waals surface area contributed by atoms with Crippen molar-refractivity contribution in [2.75, 3.05) is 0 Å². The van der Waals surface area contributed by atoms with Crippen molar-refractivity contribution < 1.29 is 4.79 Å². The minimum atomic E-state index is 0.106. The minimum absolute atomic E-state index is 0.106. The first-order chi connectivity index (χ1) is 7.72. The maximum absolute atomic E-state index is 12.0. The zero-order valence-electron chi connectivity index (χ0n) is 8.57. The summed E-state index contributed by atoms with van der Waals surface area (Å²) in [5.41, 5.74) is 0.808. The number of thiophene rings is 1. The second-order valence-electron chi connectivity index (χ2n) is 3.19. The molecule has 0 saturated carbocycles. The number of hydrogen-bond acceptors (Lipinski definition) is 5. The van der Waals surface area contributed by atoms with Gasteiger partial charge in [0.25, 0.3) is 0 Å². The molecule has 2 rings (SSSR count). The Morgan fingerprint density at radius 1 is 1.56 bits per heavy atom. The Balaban J connectivity index is 2.18.